The van der Waals surface area contributed by atoms with Crippen LogP contribution in [-0.2, 0) is 6.54 Å². The number of hydrogen-bond acceptors (Lipinski definition) is 4. The second-order valence-electron chi connectivity index (χ2n) is 4.31. The summed E-state index contributed by atoms with van der Waals surface area (Å²) < 4.78 is 0. The number of amides is 2. The van der Waals surface area contributed by atoms with E-state index in [2.05, 4.69) is 20.8 Å². The number of carbonyl (C=O) groups excluding carboxylic acids is 1. The lowest BCUT2D eigenvalue weighted by Crippen LogP contribution is -2.29. The highest BCUT2D eigenvalue weighted by atomic mass is 16.4. The summed E-state index contributed by atoms with van der Waals surface area (Å²) in [5, 5.41) is 21.8. The molecule has 0 spiro atoms. The molecule has 2 aromatic rings. The molecule has 0 unspecified atom stereocenters. The highest BCUT2D eigenvalue weighted by Gasteiger charge is 2.11. The van der Waals surface area contributed by atoms with Gasteiger partial charge in [0.25, 0.3) is 0 Å². The number of carboxylic acid groups (broad SMARTS) is 1. The number of carbonyl (C=O) groups is 2. The van der Waals surface area contributed by atoms with E-state index < -0.39 is 12.0 Å². The molecule has 2 rings (SSSR count). The third kappa shape index (κ3) is 3.75. The van der Waals surface area contributed by atoms with Crippen LogP contribution in [0.5, 0.6) is 0 Å². The molecule has 1 heterocycles. The maximum atomic E-state index is 11.8. The van der Waals surface area contributed by atoms with Gasteiger partial charge < -0.3 is 15.7 Å². The normalized spacial score (nSPS) is 9.95. The molecule has 1 aromatic heterocycles. The molecular formula is C14H14N4O3. The summed E-state index contributed by atoms with van der Waals surface area (Å²) in [7, 11) is 0. The van der Waals surface area contributed by atoms with E-state index in [0.29, 0.717) is 16.9 Å². The van der Waals surface area contributed by atoms with Gasteiger partial charge in [0.1, 0.15) is 0 Å². The third-order valence-electron chi connectivity index (χ3n) is 2.87. The fourth-order valence-corrected chi connectivity index (χ4v) is 1.77. The van der Waals surface area contributed by atoms with Crippen LogP contribution in [0.15, 0.2) is 36.5 Å². The first kappa shape index (κ1) is 14.4. The second kappa shape index (κ2) is 6.47. The number of anilines is 1. The van der Waals surface area contributed by atoms with Crippen molar-refractivity contribution in [2.45, 2.75) is 13.5 Å². The van der Waals surface area contributed by atoms with E-state index in [9.17, 15) is 9.59 Å². The predicted molar refractivity (Wildman–Crippen MR) is 76.0 cm³/mol. The highest BCUT2D eigenvalue weighted by Crippen LogP contribution is 2.18. The maximum absolute atomic E-state index is 11.8. The standard InChI is InChI=1S/C14H14N4O3/c1-9-11(13(19)20)5-2-6-12(9)17-14(21)15-8-10-4-3-7-16-18-10/h2-7H,8H2,1H3,(H,19,20)(H2,15,17,21). The van der Waals surface area contributed by atoms with Crippen LogP contribution in [0.25, 0.3) is 0 Å². The smallest absolute Gasteiger partial charge is 0.336 e. The van der Waals surface area contributed by atoms with Gasteiger partial charge in [0, 0.05) is 11.9 Å². The Morgan fingerprint density at radius 1 is 1.24 bits per heavy atom. The summed E-state index contributed by atoms with van der Waals surface area (Å²) in [4.78, 5) is 22.8. The summed E-state index contributed by atoms with van der Waals surface area (Å²) >= 11 is 0. The summed E-state index contributed by atoms with van der Waals surface area (Å²) in [6.07, 6.45) is 1.55. The van der Waals surface area contributed by atoms with Crippen molar-refractivity contribution in [1.29, 1.82) is 0 Å². The van der Waals surface area contributed by atoms with Gasteiger partial charge in [-0.3, -0.25) is 0 Å². The van der Waals surface area contributed by atoms with Gasteiger partial charge in [-0.2, -0.15) is 10.2 Å². The molecule has 0 saturated heterocycles. The summed E-state index contributed by atoms with van der Waals surface area (Å²) in [5.41, 5.74) is 1.73. The van der Waals surface area contributed by atoms with E-state index in [1.54, 1.807) is 37.4 Å². The largest absolute Gasteiger partial charge is 0.478 e. The van der Waals surface area contributed by atoms with Crippen LogP contribution in [0.1, 0.15) is 21.6 Å². The Morgan fingerprint density at radius 2 is 2.05 bits per heavy atom. The number of aromatic nitrogens is 2. The fourth-order valence-electron chi connectivity index (χ4n) is 1.77. The fraction of sp³-hybridized carbons (Fsp3) is 0.143. The van der Waals surface area contributed by atoms with E-state index in [4.69, 9.17) is 5.11 Å². The first-order valence-electron chi connectivity index (χ1n) is 6.22. The van der Waals surface area contributed by atoms with Crippen LogP contribution in [0.3, 0.4) is 0 Å². The van der Waals surface area contributed by atoms with Crippen molar-refractivity contribution in [1.82, 2.24) is 15.5 Å². The molecule has 0 aliphatic carbocycles. The maximum Gasteiger partial charge on any atom is 0.336 e. The lowest BCUT2D eigenvalue weighted by molar-refractivity contribution is 0.0696. The van der Waals surface area contributed by atoms with Crippen LogP contribution in [0.4, 0.5) is 10.5 Å². The van der Waals surface area contributed by atoms with Crippen LogP contribution in [0.2, 0.25) is 0 Å². The zero-order valence-corrected chi connectivity index (χ0v) is 11.3. The van der Waals surface area contributed by atoms with Gasteiger partial charge in [-0.05, 0) is 36.8 Å². The number of benzene rings is 1. The zero-order valence-electron chi connectivity index (χ0n) is 11.3. The number of nitrogens with zero attached hydrogens (tertiary/aromatic N) is 2. The van der Waals surface area contributed by atoms with Crippen molar-refractivity contribution in [3.63, 3.8) is 0 Å². The molecular weight excluding hydrogens is 272 g/mol. The molecule has 0 bridgehead atoms. The molecule has 0 radical (unpaired) electrons. The van der Waals surface area contributed by atoms with Gasteiger partial charge in [-0.1, -0.05) is 6.07 Å². The molecule has 108 valence electrons. The van der Waals surface area contributed by atoms with Crippen molar-refractivity contribution in [2.24, 2.45) is 0 Å². The minimum Gasteiger partial charge on any atom is -0.478 e. The Kier molecular flexibility index (Phi) is 4.45. The number of hydrogen-bond donors (Lipinski definition) is 3. The Hall–Kier alpha value is -2.96. The van der Waals surface area contributed by atoms with E-state index in [1.807, 2.05) is 0 Å². The lowest BCUT2D eigenvalue weighted by atomic mass is 10.1. The molecule has 2 amide bonds. The molecule has 0 atom stereocenters. The SMILES string of the molecule is Cc1c(NC(=O)NCc2cccnn2)cccc1C(=O)O. The van der Waals surface area contributed by atoms with Crippen LogP contribution in [-0.4, -0.2) is 27.3 Å². The Morgan fingerprint density at radius 3 is 2.71 bits per heavy atom. The first-order valence-corrected chi connectivity index (χ1v) is 6.22. The Bertz CT molecular complexity index is 659. The summed E-state index contributed by atoms with van der Waals surface area (Å²) in [5.74, 6) is -1.03. The number of carboxylic acids is 1. The van der Waals surface area contributed by atoms with Gasteiger partial charge in [0.05, 0.1) is 17.8 Å². The molecule has 1 aromatic carbocycles. The van der Waals surface area contributed by atoms with Crippen molar-refractivity contribution < 1.29 is 14.7 Å². The third-order valence-corrected chi connectivity index (χ3v) is 2.87. The Balaban J connectivity index is 2.00. The average Bonchev–Trinajstić information content (AvgIpc) is 2.48. The molecule has 7 nitrogen and oxygen atoms in total. The highest BCUT2D eigenvalue weighted by molar-refractivity contribution is 5.95. The zero-order chi connectivity index (χ0) is 15.2. The quantitative estimate of drug-likeness (QED) is 0.795. The van der Waals surface area contributed by atoms with E-state index in [1.165, 1.54) is 6.07 Å². The predicted octanol–water partition coefficient (Wildman–Crippen LogP) is 1.80. The molecule has 7 heteroatoms. The van der Waals surface area contributed by atoms with Crippen LogP contribution >= 0.6 is 0 Å². The Labute approximate surface area is 121 Å². The molecule has 21 heavy (non-hydrogen) atoms. The van der Waals surface area contributed by atoms with Crippen molar-refractivity contribution in [2.75, 3.05) is 5.32 Å². The number of urea groups is 1. The average molecular weight is 286 g/mol. The van der Waals surface area contributed by atoms with Gasteiger partial charge >= 0.3 is 12.0 Å². The monoisotopic (exact) mass is 286 g/mol. The molecule has 0 aliphatic rings. The van der Waals surface area contributed by atoms with Gasteiger partial charge in [-0.25, -0.2) is 9.59 Å². The molecule has 0 aliphatic heterocycles. The summed E-state index contributed by atoms with van der Waals surface area (Å²) in [6, 6.07) is 7.73. The first-order chi connectivity index (χ1) is 10.1. The lowest BCUT2D eigenvalue weighted by Gasteiger charge is -2.11. The van der Waals surface area contributed by atoms with Crippen LogP contribution in [0, 0.1) is 6.92 Å². The number of aromatic carboxylic acids is 1. The van der Waals surface area contributed by atoms with Crippen LogP contribution < -0.4 is 10.6 Å². The minimum absolute atomic E-state index is 0.154. The van der Waals surface area contributed by atoms with Gasteiger partial charge in [-0.15, -0.1) is 0 Å². The summed E-state index contributed by atoms with van der Waals surface area (Å²) in [6.45, 7) is 1.87. The van der Waals surface area contributed by atoms with E-state index >= 15 is 0 Å². The van der Waals surface area contributed by atoms with E-state index in [-0.39, 0.29) is 12.1 Å². The molecule has 0 fully saturated rings. The van der Waals surface area contributed by atoms with Crippen molar-refractivity contribution in [3.8, 4) is 0 Å². The second-order valence-corrected chi connectivity index (χ2v) is 4.31. The van der Waals surface area contributed by atoms with Gasteiger partial charge in [0.15, 0.2) is 0 Å². The number of rotatable bonds is 4. The van der Waals surface area contributed by atoms with Crippen molar-refractivity contribution >= 4 is 17.7 Å². The van der Waals surface area contributed by atoms with E-state index in [0.717, 1.165) is 0 Å². The topological polar surface area (TPSA) is 104 Å². The molecule has 0 saturated carbocycles. The van der Waals surface area contributed by atoms with Crippen molar-refractivity contribution in [3.05, 3.63) is 53.3 Å². The minimum atomic E-state index is -1.03. The molecule has 3 N–H and O–H groups in total. The number of nitrogens with one attached hydrogen (secondary N) is 2. The van der Waals surface area contributed by atoms with Gasteiger partial charge in [0.2, 0.25) is 0 Å².